The number of allylic oxidation sites excluding steroid dienone is 4. The van der Waals surface area contributed by atoms with E-state index >= 15 is 0 Å². The zero-order valence-corrected chi connectivity index (χ0v) is 21.4. The van der Waals surface area contributed by atoms with Crippen molar-refractivity contribution in [3.05, 3.63) is 99.5 Å². The Morgan fingerprint density at radius 3 is 2.64 bits per heavy atom. The van der Waals surface area contributed by atoms with E-state index in [1.807, 2.05) is 13.0 Å². The Morgan fingerprint density at radius 2 is 1.85 bits per heavy atom. The van der Waals surface area contributed by atoms with Crippen LogP contribution in [0.15, 0.2) is 80.6 Å². The molecule has 0 aliphatic carbocycles. The second-order valence-corrected chi connectivity index (χ2v) is 9.79. The molecule has 0 saturated heterocycles. The molecule has 0 bridgehead atoms. The summed E-state index contributed by atoms with van der Waals surface area (Å²) in [6.07, 6.45) is 2.80. The molecule has 9 heteroatoms. The fourth-order valence-electron chi connectivity index (χ4n) is 4.81. The van der Waals surface area contributed by atoms with Crippen molar-refractivity contribution in [2.45, 2.75) is 51.7 Å². The highest BCUT2D eigenvalue weighted by Crippen LogP contribution is 2.39. The molecule has 2 aromatic rings. The molecular formula is C30H26F5N3O. The quantitative estimate of drug-likeness (QED) is 0.366. The van der Waals surface area contributed by atoms with Crippen molar-refractivity contribution >= 4 is 23.3 Å². The molecule has 202 valence electrons. The Kier molecular flexibility index (Phi) is 7.34. The lowest BCUT2D eigenvalue weighted by atomic mass is 9.92. The maximum Gasteiger partial charge on any atom is 0.417 e. The third kappa shape index (κ3) is 5.77. The Labute approximate surface area is 223 Å². The Morgan fingerprint density at radius 1 is 1.03 bits per heavy atom. The average Bonchev–Trinajstić information content (AvgIpc) is 3.17. The summed E-state index contributed by atoms with van der Waals surface area (Å²) in [5.41, 5.74) is 2.31. The van der Waals surface area contributed by atoms with Crippen molar-refractivity contribution in [3.8, 4) is 0 Å². The van der Waals surface area contributed by atoms with Gasteiger partial charge in [-0.3, -0.25) is 4.99 Å². The van der Waals surface area contributed by atoms with E-state index in [-0.39, 0.29) is 23.0 Å². The molecule has 0 radical (unpaired) electrons. The van der Waals surface area contributed by atoms with Gasteiger partial charge in [-0.25, -0.2) is 18.8 Å². The zero-order valence-electron chi connectivity index (χ0n) is 21.4. The molecule has 2 aromatic carbocycles. The average molecular weight is 540 g/mol. The van der Waals surface area contributed by atoms with Crippen molar-refractivity contribution < 1.29 is 26.7 Å². The van der Waals surface area contributed by atoms with Gasteiger partial charge in [0.05, 0.1) is 35.2 Å². The van der Waals surface area contributed by atoms with Gasteiger partial charge in [0.1, 0.15) is 5.71 Å². The van der Waals surface area contributed by atoms with E-state index in [4.69, 9.17) is 4.74 Å². The van der Waals surface area contributed by atoms with Gasteiger partial charge in [0.25, 0.3) is 0 Å². The Balaban J connectivity index is 1.40. The number of rotatable bonds is 4. The Hall–Kier alpha value is -3.88. The summed E-state index contributed by atoms with van der Waals surface area (Å²) in [5.74, 6) is -1.34. The second kappa shape index (κ2) is 10.7. The first kappa shape index (κ1) is 26.7. The van der Waals surface area contributed by atoms with Gasteiger partial charge < -0.3 is 4.74 Å². The smallest absolute Gasteiger partial charge is 0.417 e. The predicted octanol–water partition coefficient (Wildman–Crippen LogP) is 7.78. The Bertz CT molecular complexity index is 1490. The molecule has 0 aromatic heterocycles. The minimum Gasteiger partial charge on any atom is -0.498 e. The van der Waals surface area contributed by atoms with Gasteiger partial charge in [-0.15, -0.1) is 0 Å². The van der Waals surface area contributed by atoms with Gasteiger partial charge >= 0.3 is 6.18 Å². The first-order valence-corrected chi connectivity index (χ1v) is 12.7. The van der Waals surface area contributed by atoms with E-state index in [0.717, 1.165) is 11.6 Å². The number of benzene rings is 2. The van der Waals surface area contributed by atoms with Crippen LogP contribution in [0.5, 0.6) is 0 Å². The normalized spacial score (nSPS) is 19.7. The summed E-state index contributed by atoms with van der Waals surface area (Å²) in [4.78, 5) is 13.4. The molecule has 5 rings (SSSR count). The van der Waals surface area contributed by atoms with Gasteiger partial charge in [0.2, 0.25) is 0 Å². The van der Waals surface area contributed by atoms with Crippen LogP contribution in [0.4, 0.5) is 22.0 Å². The molecule has 0 fully saturated rings. The summed E-state index contributed by atoms with van der Waals surface area (Å²) in [7, 11) is 0. The molecule has 0 N–H and O–H groups in total. The van der Waals surface area contributed by atoms with Crippen LogP contribution in [0.3, 0.4) is 0 Å². The standard InChI is InChI=1S/C30H26F5N3O/c1-17-9-10-21(24(13-17)30(33,34)35)23-15-20(39-12-11-18(23)2)14-19-5-3-8-26-27(16-36-19)38-29(37-26)22-6-4-7-25(31)28(22)32/h4,6-10,13,15-16,19H,3,5,11-12,14H2,1-2H3. The van der Waals surface area contributed by atoms with E-state index in [0.29, 0.717) is 60.6 Å². The fraction of sp³-hybridized carbons (Fsp3) is 0.300. The molecule has 1 unspecified atom stereocenters. The third-order valence-corrected chi connectivity index (χ3v) is 6.89. The molecule has 39 heavy (non-hydrogen) atoms. The van der Waals surface area contributed by atoms with E-state index in [2.05, 4.69) is 15.0 Å². The van der Waals surface area contributed by atoms with Crippen LogP contribution in [0.25, 0.3) is 5.57 Å². The summed E-state index contributed by atoms with van der Waals surface area (Å²) in [5, 5.41) is 0. The first-order chi connectivity index (χ1) is 18.6. The largest absolute Gasteiger partial charge is 0.498 e. The molecular weight excluding hydrogens is 513 g/mol. The lowest BCUT2D eigenvalue weighted by molar-refractivity contribution is -0.137. The monoisotopic (exact) mass is 539 g/mol. The fourth-order valence-corrected chi connectivity index (χ4v) is 4.81. The molecule has 4 nitrogen and oxygen atoms in total. The second-order valence-electron chi connectivity index (χ2n) is 9.79. The highest BCUT2D eigenvalue weighted by molar-refractivity contribution is 6.43. The number of nitrogens with zero attached hydrogens (tertiary/aromatic N) is 3. The van der Waals surface area contributed by atoms with Gasteiger partial charge in [-0.1, -0.05) is 35.4 Å². The first-order valence-electron chi connectivity index (χ1n) is 12.7. The SMILES string of the molecule is CC1=C(c2ccc(C)cc2C(F)(F)F)C=C(CC2CCC=C3N=C(c4cccc(F)c4F)N=C3C=N2)OCC1. The summed E-state index contributed by atoms with van der Waals surface area (Å²) in [6.45, 7) is 3.83. The lowest BCUT2D eigenvalue weighted by Gasteiger charge is -2.17. The van der Waals surface area contributed by atoms with Crippen LogP contribution in [0.2, 0.25) is 0 Å². The number of alkyl halides is 3. The van der Waals surface area contributed by atoms with E-state index < -0.39 is 23.4 Å². The van der Waals surface area contributed by atoms with Crippen molar-refractivity contribution in [2.24, 2.45) is 15.0 Å². The molecule has 0 spiro atoms. The van der Waals surface area contributed by atoms with Crippen LogP contribution in [-0.4, -0.2) is 30.4 Å². The number of aliphatic imine (C=N–C) groups is 3. The lowest BCUT2D eigenvalue weighted by Crippen LogP contribution is -2.13. The van der Waals surface area contributed by atoms with Gasteiger partial charge in [-0.05, 0) is 62.1 Å². The van der Waals surface area contributed by atoms with Crippen LogP contribution in [-0.2, 0) is 10.9 Å². The third-order valence-electron chi connectivity index (χ3n) is 6.89. The van der Waals surface area contributed by atoms with Crippen LogP contribution in [0, 0.1) is 18.6 Å². The predicted molar refractivity (Wildman–Crippen MR) is 142 cm³/mol. The molecule has 3 heterocycles. The number of halogens is 5. The number of hydrogen-bond acceptors (Lipinski definition) is 4. The van der Waals surface area contributed by atoms with Crippen molar-refractivity contribution in [2.75, 3.05) is 6.61 Å². The topological polar surface area (TPSA) is 46.3 Å². The van der Waals surface area contributed by atoms with E-state index in [1.54, 1.807) is 25.3 Å². The number of ether oxygens (including phenoxy) is 1. The van der Waals surface area contributed by atoms with E-state index in [9.17, 15) is 22.0 Å². The number of aryl methyl sites for hydroxylation is 1. The molecule has 0 amide bonds. The minimum absolute atomic E-state index is 0.0267. The van der Waals surface area contributed by atoms with E-state index in [1.165, 1.54) is 24.3 Å². The van der Waals surface area contributed by atoms with Crippen molar-refractivity contribution in [1.82, 2.24) is 0 Å². The van der Waals surface area contributed by atoms with Crippen molar-refractivity contribution in [1.29, 1.82) is 0 Å². The number of amidine groups is 1. The number of fused-ring (bicyclic) bond motifs is 1. The highest BCUT2D eigenvalue weighted by Gasteiger charge is 2.34. The van der Waals surface area contributed by atoms with Crippen LogP contribution in [0.1, 0.15) is 54.9 Å². The molecule has 0 saturated carbocycles. The number of hydrogen-bond donors (Lipinski definition) is 0. The molecule has 3 aliphatic heterocycles. The maximum atomic E-state index is 14.3. The van der Waals surface area contributed by atoms with Crippen molar-refractivity contribution in [3.63, 3.8) is 0 Å². The summed E-state index contributed by atoms with van der Waals surface area (Å²) >= 11 is 0. The van der Waals surface area contributed by atoms with Crippen LogP contribution >= 0.6 is 0 Å². The van der Waals surface area contributed by atoms with Gasteiger partial charge in [0, 0.05) is 19.1 Å². The molecule has 3 aliphatic rings. The van der Waals surface area contributed by atoms with Gasteiger partial charge in [-0.2, -0.15) is 13.2 Å². The maximum absolute atomic E-state index is 14.3. The van der Waals surface area contributed by atoms with Gasteiger partial charge in [0.15, 0.2) is 17.5 Å². The highest BCUT2D eigenvalue weighted by atomic mass is 19.4. The zero-order chi connectivity index (χ0) is 27.7. The van der Waals surface area contributed by atoms with Crippen LogP contribution < -0.4 is 0 Å². The summed E-state index contributed by atoms with van der Waals surface area (Å²) < 4.78 is 75.6. The minimum atomic E-state index is -4.49. The molecule has 1 atom stereocenters. The summed E-state index contributed by atoms with van der Waals surface area (Å²) in [6, 6.07) is 8.01.